The molecule has 0 saturated carbocycles. The summed E-state index contributed by atoms with van der Waals surface area (Å²) in [6, 6.07) is 6.02. The van der Waals surface area contributed by atoms with Gasteiger partial charge in [0.25, 0.3) is 0 Å². The summed E-state index contributed by atoms with van der Waals surface area (Å²) in [5.74, 6) is -0.772. The van der Waals surface area contributed by atoms with E-state index in [1.165, 1.54) is 11.1 Å². The zero-order valence-electron chi connectivity index (χ0n) is 12.3. The SMILES string of the molecule is CC(C)(C)c1cccc(CC(=O)O)c1C(C)(C)C. The zero-order chi connectivity index (χ0) is 14.1. The summed E-state index contributed by atoms with van der Waals surface area (Å²) in [7, 11) is 0. The van der Waals surface area contributed by atoms with Crippen LogP contribution in [0.3, 0.4) is 0 Å². The molecule has 2 heteroatoms. The van der Waals surface area contributed by atoms with Gasteiger partial charge in [0, 0.05) is 0 Å². The fraction of sp³-hybridized carbons (Fsp3) is 0.562. The molecule has 0 amide bonds. The van der Waals surface area contributed by atoms with E-state index in [-0.39, 0.29) is 17.3 Å². The average Bonchev–Trinajstić information content (AvgIpc) is 2.13. The topological polar surface area (TPSA) is 37.3 Å². The van der Waals surface area contributed by atoms with Crippen LogP contribution in [-0.2, 0) is 22.0 Å². The number of rotatable bonds is 2. The number of carboxylic acids is 1. The maximum absolute atomic E-state index is 11.0. The van der Waals surface area contributed by atoms with E-state index in [4.69, 9.17) is 5.11 Å². The van der Waals surface area contributed by atoms with Crippen LogP contribution in [0.1, 0.15) is 58.2 Å². The van der Waals surface area contributed by atoms with E-state index in [1.807, 2.05) is 12.1 Å². The highest BCUT2D eigenvalue weighted by molar-refractivity contribution is 5.71. The normalized spacial score (nSPS) is 12.6. The molecular weight excluding hydrogens is 224 g/mol. The van der Waals surface area contributed by atoms with Crippen LogP contribution in [0.2, 0.25) is 0 Å². The van der Waals surface area contributed by atoms with Crippen LogP contribution < -0.4 is 0 Å². The van der Waals surface area contributed by atoms with Crippen LogP contribution in [0.5, 0.6) is 0 Å². The summed E-state index contributed by atoms with van der Waals surface area (Å²) in [5, 5.41) is 9.05. The van der Waals surface area contributed by atoms with Gasteiger partial charge < -0.3 is 5.11 Å². The monoisotopic (exact) mass is 248 g/mol. The van der Waals surface area contributed by atoms with E-state index in [2.05, 4.69) is 47.6 Å². The zero-order valence-corrected chi connectivity index (χ0v) is 12.3. The van der Waals surface area contributed by atoms with Gasteiger partial charge >= 0.3 is 5.97 Å². The van der Waals surface area contributed by atoms with Crippen molar-refractivity contribution < 1.29 is 9.90 Å². The molecule has 100 valence electrons. The van der Waals surface area contributed by atoms with Crippen LogP contribution in [0.25, 0.3) is 0 Å². The quantitative estimate of drug-likeness (QED) is 0.861. The molecule has 0 atom stereocenters. The molecule has 0 aliphatic carbocycles. The van der Waals surface area contributed by atoms with Gasteiger partial charge in [-0.1, -0.05) is 59.7 Å². The molecule has 0 spiro atoms. The van der Waals surface area contributed by atoms with Crippen LogP contribution in [0.15, 0.2) is 18.2 Å². The Balaban J connectivity index is 3.50. The second-order valence-electron chi connectivity index (χ2n) is 6.91. The first-order chi connectivity index (χ1) is 8.03. The molecule has 0 aromatic heterocycles. The van der Waals surface area contributed by atoms with Crippen molar-refractivity contribution in [3.05, 3.63) is 34.9 Å². The lowest BCUT2D eigenvalue weighted by molar-refractivity contribution is -0.136. The van der Waals surface area contributed by atoms with Crippen molar-refractivity contribution in [1.29, 1.82) is 0 Å². The van der Waals surface area contributed by atoms with Crippen molar-refractivity contribution in [2.45, 2.75) is 58.8 Å². The van der Waals surface area contributed by atoms with Crippen molar-refractivity contribution in [2.24, 2.45) is 0 Å². The lowest BCUT2D eigenvalue weighted by Gasteiger charge is -2.32. The molecule has 1 N–H and O–H groups in total. The first-order valence-corrected chi connectivity index (χ1v) is 6.38. The standard InChI is InChI=1S/C16H24O2/c1-15(2,3)12-9-7-8-11(10-13(17)18)14(12)16(4,5)6/h7-9H,10H2,1-6H3,(H,17,18). The molecule has 0 saturated heterocycles. The van der Waals surface area contributed by atoms with Gasteiger partial charge in [0.2, 0.25) is 0 Å². The Morgan fingerprint density at radius 2 is 1.61 bits per heavy atom. The Morgan fingerprint density at radius 1 is 1.06 bits per heavy atom. The number of carbonyl (C=O) groups is 1. The second-order valence-corrected chi connectivity index (χ2v) is 6.91. The Labute approximate surface area is 110 Å². The molecule has 0 unspecified atom stereocenters. The molecule has 18 heavy (non-hydrogen) atoms. The maximum Gasteiger partial charge on any atom is 0.307 e. The fourth-order valence-electron chi connectivity index (χ4n) is 2.42. The maximum atomic E-state index is 11.0. The van der Waals surface area contributed by atoms with E-state index in [0.717, 1.165) is 5.56 Å². The minimum absolute atomic E-state index is 0.0249. The Hall–Kier alpha value is -1.31. The Kier molecular flexibility index (Phi) is 3.89. The highest BCUT2D eigenvalue weighted by Gasteiger charge is 2.27. The molecule has 1 rings (SSSR count). The third-order valence-corrected chi connectivity index (χ3v) is 3.05. The molecule has 0 bridgehead atoms. The fourth-order valence-corrected chi connectivity index (χ4v) is 2.42. The van der Waals surface area contributed by atoms with Crippen LogP contribution in [0.4, 0.5) is 0 Å². The third kappa shape index (κ3) is 3.34. The molecule has 1 aromatic rings. The van der Waals surface area contributed by atoms with Gasteiger partial charge in [-0.25, -0.2) is 0 Å². The van der Waals surface area contributed by atoms with E-state index >= 15 is 0 Å². The minimum atomic E-state index is -0.772. The first-order valence-electron chi connectivity index (χ1n) is 6.38. The minimum Gasteiger partial charge on any atom is -0.481 e. The largest absolute Gasteiger partial charge is 0.481 e. The molecule has 0 heterocycles. The van der Waals surface area contributed by atoms with Crippen molar-refractivity contribution in [2.75, 3.05) is 0 Å². The number of benzene rings is 1. The predicted molar refractivity (Wildman–Crippen MR) is 75.2 cm³/mol. The number of hydrogen-bond acceptors (Lipinski definition) is 1. The molecule has 0 radical (unpaired) electrons. The number of carboxylic acid groups (broad SMARTS) is 1. The summed E-state index contributed by atoms with van der Waals surface area (Å²) in [6.45, 7) is 12.9. The van der Waals surface area contributed by atoms with E-state index in [9.17, 15) is 4.79 Å². The highest BCUT2D eigenvalue weighted by atomic mass is 16.4. The average molecular weight is 248 g/mol. The lowest BCUT2D eigenvalue weighted by Crippen LogP contribution is -2.24. The van der Waals surface area contributed by atoms with Crippen molar-refractivity contribution >= 4 is 5.97 Å². The van der Waals surface area contributed by atoms with Crippen molar-refractivity contribution in [1.82, 2.24) is 0 Å². The Bertz CT molecular complexity index is 445. The molecule has 0 aliphatic heterocycles. The molecule has 1 aromatic carbocycles. The summed E-state index contributed by atoms with van der Waals surface area (Å²) >= 11 is 0. The van der Waals surface area contributed by atoms with E-state index in [0.29, 0.717) is 0 Å². The van der Waals surface area contributed by atoms with E-state index in [1.54, 1.807) is 0 Å². The van der Waals surface area contributed by atoms with Crippen molar-refractivity contribution in [3.8, 4) is 0 Å². The molecule has 2 nitrogen and oxygen atoms in total. The molecular formula is C16H24O2. The summed E-state index contributed by atoms with van der Waals surface area (Å²) in [4.78, 5) is 11.0. The summed E-state index contributed by atoms with van der Waals surface area (Å²) in [6.07, 6.45) is 0.0938. The Morgan fingerprint density at radius 3 is 2.00 bits per heavy atom. The molecule has 0 aliphatic rings. The summed E-state index contributed by atoms with van der Waals surface area (Å²) < 4.78 is 0. The van der Waals surface area contributed by atoms with Crippen LogP contribution in [0, 0.1) is 0 Å². The molecule has 0 fully saturated rings. The highest BCUT2D eigenvalue weighted by Crippen LogP contribution is 2.36. The number of hydrogen-bond donors (Lipinski definition) is 1. The lowest BCUT2D eigenvalue weighted by atomic mass is 9.73. The number of aliphatic carboxylic acids is 1. The van der Waals surface area contributed by atoms with Crippen LogP contribution in [-0.4, -0.2) is 11.1 Å². The van der Waals surface area contributed by atoms with Crippen LogP contribution >= 0.6 is 0 Å². The predicted octanol–water partition coefficient (Wildman–Crippen LogP) is 3.91. The van der Waals surface area contributed by atoms with Gasteiger partial charge in [-0.3, -0.25) is 4.79 Å². The van der Waals surface area contributed by atoms with Gasteiger partial charge in [0.05, 0.1) is 6.42 Å². The first kappa shape index (κ1) is 14.7. The second kappa shape index (κ2) is 4.75. The van der Waals surface area contributed by atoms with Gasteiger partial charge in [-0.2, -0.15) is 0 Å². The van der Waals surface area contributed by atoms with Gasteiger partial charge in [0.15, 0.2) is 0 Å². The summed E-state index contributed by atoms with van der Waals surface area (Å²) in [5.41, 5.74) is 3.34. The van der Waals surface area contributed by atoms with Gasteiger partial charge in [-0.15, -0.1) is 0 Å². The third-order valence-electron chi connectivity index (χ3n) is 3.05. The smallest absolute Gasteiger partial charge is 0.307 e. The van der Waals surface area contributed by atoms with Crippen molar-refractivity contribution in [3.63, 3.8) is 0 Å². The van der Waals surface area contributed by atoms with Gasteiger partial charge in [0.1, 0.15) is 0 Å². The van der Waals surface area contributed by atoms with E-state index < -0.39 is 5.97 Å². The van der Waals surface area contributed by atoms with Gasteiger partial charge in [-0.05, 0) is 27.5 Å².